The number of halogens is 1. The van der Waals surface area contributed by atoms with Crippen LogP contribution in [0.1, 0.15) is 32.3 Å². The van der Waals surface area contributed by atoms with Crippen LogP contribution in [0, 0.1) is 5.92 Å². The summed E-state index contributed by atoms with van der Waals surface area (Å²) in [6, 6.07) is 7.89. The molecule has 1 heteroatoms. The summed E-state index contributed by atoms with van der Waals surface area (Å²) in [6.07, 6.45) is 2.26. The lowest BCUT2D eigenvalue weighted by molar-refractivity contribution is 0.599. The SMILES string of the molecule is C=C(CCC(C)C)c1ccc(Cl)cc1. The molecule has 0 aromatic heterocycles. The van der Waals surface area contributed by atoms with E-state index >= 15 is 0 Å². The van der Waals surface area contributed by atoms with Gasteiger partial charge in [0.25, 0.3) is 0 Å². The fourth-order valence-corrected chi connectivity index (χ4v) is 1.42. The Bertz CT molecular complexity index is 296. The molecule has 1 rings (SSSR count). The number of hydrogen-bond acceptors (Lipinski definition) is 0. The summed E-state index contributed by atoms with van der Waals surface area (Å²) in [4.78, 5) is 0. The summed E-state index contributed by atoms with van der Waals surface area (Å²) in [5.74, 6) is 0.735. The van der Waals surface area contributed by atoms with Crippen molar-refractivity contribution < 1.29 is 0 Å². The minimum atomic E-state index is 0.735. The van der Waals surface area contributed by atoms with Crippen molar-refractivity contribution in [1.82, 2.24) is 0 Å². The highest BCUT2D eigenvalue weighted by molar-refractivity contribution is 6.30. The maximum Gasteiger partial charge on any atom is 0.0406 e. The smallest absolute Gasteiger partial charge is 0.0406 e. The molecule has 0 aliphatic heterocycles. The highest BCUT2D eigenvalue weighted by Gasteiger charge is 2.00. The zero-order chi connectivity index (χ0) is 10.6. The van der Waals surface area contributed by atoms with E-state index in [2.05, 4.69) is 20.4 Å². The van der Waals surface area contributed by atoms with Crippen molar-refractivity contribution in [2.75, 3.05) is 0 Å². The second-order valence-electron chi connectivity index (χ2n) is 4.04. The van der Waals surface area contributed by atoms with E-state index in [1.54, 1.807) is 0 Å². The summed E-state index contributed by atoms with van der Waals surface area (Å²) < 4.78 is 0. The lowest BCUT2D eigenvalue weighted by Gasteiger charge is -2.07. The van der Waals surface area contributed by atoms with Crippen molar-refractivity contribution in [2.45, 2.75) is 26.7 Å². The van der Waals surface area contributed by atoms with E-state index in [9.17, 15) is 0 Å². The zero-order valence-corrected chi connectivity index (χ0v) is 9.64. The molecule has 0 heterocycles. The molecule has 14 heavy (non-hydrogen) atoms. The van der Waals surface area contributed by atoms with Gasteiger partial charge in [-0.15, -0.1) is 0 Å². The molecule has 0 nitrogen and oxygen atoms in total. The van der Waals surface area contributed by atoms with Crippen molar-refractivity contribution in [3.05, 3.63) is 41.4 Å². The van der Waals surface area contributed by atoms with Gasteiger partial charge in [-0.1, -0.05) is 44.2 Å². The number of hydrogen-bond donors (Lipinski definition) is 0. The average molecular weight is 209 g/mol. The second-order valence-corrected chi connectivity index (χ2v) is 4.48. The van der Waals surface area contributed by atoms with Gasteiger partial charge in [0, 0.05) is 5.02 Å². The number of rotatable bonds is 4. The molecule has 0 aliphatic carbocycles. The molecule has 0 fully saturated rings. The molecule has 1 aromatic carbocycles. The predicted octanol–water partition coefficient (Wildman–Crippen LogP) is 4.79. The lowest BCUT2D eigenvalue weighted by Crippen LogP contribution is -1.89. The third kappa shape index (κ3) is 3.55. The molecule has 0 unspecified atom stereocenters. The molecular weight excluding hydrogens is 192 g/mol. The Morgan fingerprint density at radius 3 is 2.36 bits per heavy atom. The van der Waals surface area contributed by atoms with E-state index in [1.165, 1.54) is 17.6 Å². The molecule has 0 saturated heterocycles. The van der Waals surface area contributed by atoms with Crippen LogP contribution in [0.25, 0.3) is 5.57 Å². The molecule has 0 spiro atoms. The fourth-order valence-electron chi connectivity index (χ4n) is 1.29. The van der Waals surface area contributed by atoms with Crippen molar-refractivity contribution >= 4 is 17.2 Å². The van der Waals surface area contributed by atoms with Gasteiger partial charge in [-0.3, -0.25) is 0 Å². The Labute approximate surface area is 91.6 Å². The Kier molecular flexibility index (Phi) is 4.21. The maximum absolute atomic E-state index is 5.81. The van der Waals surface area contributed by atoms with E-state index < -0.39 is 0 Å². The van der Waals surface area contributed by atoms with Crippen LogP contribution in [0.5, 0.6) is 0 Å². The van der Waals surface area contributed by atoms with Crippen LogP contribution in [0.3, 0.4) is 0 Å². The minimum absolute atomic E-state index is 0.735. The molecule has 0 N–H and O–H groups in total. The first-order valence-electron chi connectivity index (χ1n) is 5.03. The third-order valence-corrected chi connectivity index (χ3v) is 2.53. The van der Waals surface area contributed by atoms with Crippen LogP contribution in [0.15, 0.2) is 30.8 Å². The van der Waals surface area contributed by atoms with Gasteiger partial charge in [0.15, 0.2) is 0 Å². The third-order valence-electron chi connectivity index (χ3n) is 2.28. The van der Waals surface area contributed by atoms with Gasteiger partial charge in [-0.05, 0) is 42.0 Å². The molecule has 0 bridgehead atoms. The van der Waals surface area contributed by atoms with E-state index in [0.717, 1.165) is 17.4 Å². The number of allylic oxidation sites excluding steroid dienone is 1. The van der Waals surface area contributed by atoms with Crippen LogP contribution < -0.4 is 0 Å². The Morgan fingerprint density at radius 1 is 1.29 bits per heavy atom. The molecule has 1 aromatic rings. The van der Waals surface area contributed by atoms with Gasteiger partial charge >= 0.3 is 0 Å². The largest absolute Gasteiger partial charge is 0.0952 e. The lowest BCUT2D eigenvalue weighted by atomic mass is 9.98. The monoisotopic (exact) mass is 208 g/mol. The molecule has 76 valence electrons. The van der Waals surface area contributed by atoms with Gasteiger partial charge in [-0.25, -0.2) is 0 Å². The van der Waals surface area contributed by atoms with Gasteiger partial charge in [0.2, 0.25) is 0 Å². The van der Waals surface area contributed by atoms with Gasteiger partial charge in [0.1, 0.15) is 0 Å². The highest BCUT2D eigenvalue weighted by Crippen LogP contribution is 2.21. The van der Waals surface area contributed by atoms with E-state index in [4.69, 9.17) is 11.6 Å². The van der Waals surface area contributed by atoms with Crippen molar-refractivity contribution in [2.24, 2.45) is 5.92 Å². The first-order chi connectivity index (χ1) is 6.59. The van der Waals surface area contributed by atoms with Crippen LogP contribution in [-0.4, -0.2) is 0 Å². The van der Waals surface area contributed by atoms with Crippen molar-refractivity contribution in [3.63, 3.8) is 0 Å². The Hall–Kier alpha value is -0.750. The molecular formula is C13H17Cl. The predicted molar refractivity (Wildman–Crippen MR) is 64.6 cm³/mol. The standard InChI is InChI=1S/C13H17Cl/c1-10(2)4-5-11(3)12-6-8-13(14)9-7-12/h6-10H,3-5H2,1-2H3. The van der Waals surface area contributed by atoms with Crippen molar-refractivity contribution in [1.29, 1.82) is 0 Å². The van der Waals surface area contributed by atoms with Crippen LogP contribution in [-0.2, 0) is 0 Å². The topological polar surface area (TPSA) is 0 Å². The Balaban J connectivity index is 2.57. The molecule has 0 amide bonds. The van der Waals surface area contributed by atoms with Gasteiger partial charge in [0.05, 0.1) is 0 Å². The quantitative estimate of drug-likeness (QED) is 0.668. The fraction of sp³-hybridized carbons (Fsp3) is 0.385. The maximum atomic E-state index is 5.81. The summed E-state index contributed by atoms with van der Waals surface area (Å²) in [5.41, 5.74) is 2.41. The normalized spacial score (nSPS) is 10.6. The summed E-state index contributed by atoms with van der Waals surface area (Å²) in [7, 11) is 0. The van der Waals surface area contributed by atoms with Gasteiger partial charge < -0.3 is 0 Å². The van der Waals surface area contributed by atoms with Crippen LogP contribution in [0.4, 0.5) is 0 Å². The van der Waals surface area contributed by atoms with Crippen LogP contribution in [0.2, 0.25) is 5.02 Å². The molecule has 0 saturated carbocycles. The zero-order valence-electron chi connectivity index (χ0n) is 8.89. The number of benzene rings is 1. The highest BCUT2D eigenvalue weighted by atomic mass is 35.5. The second kappa shape index (κ2) is 5.21. The van der Waals surface area contributed by atoms with E-state index in [-0.39, 0.29) is 0 Å². The van der Waals surface area contributed by atoms with E-state index in [0.29, 0.717) is 0 Å². The summed E-state index contributed by atoms with van der Waals surface area (Å²) in [6.45, 7) is 8.55. The summed E-state index contributed by atoms with van der Waals surface area (Å²) in [5, 5.41) is 0.783. The van der Waals surface area contributed by atoms with Gasteiger partial charge in [-0.2, -0.15) is 0 Å². The van der Waals surface area contributed by atoms with E-state index in [1.807, 2.05) is 24.3 Å². The summed E-state index contributed by atoms with van der Waals surface area (Å²) >= 11 is 5.81. The molecule has 0 radical (unpaired) electrons. The Morgan fingerprint density at radius 2 is 1.86 bits per heavy atom. The first-order valence-corrected chi connectivity index (χ1v) is 5.41. The minimum Gasteiger partial charge on any atom is -0.0952 e. The molecule has 0 aliphatic rings. The molecule has 0 atom stereocenters. The van der Waals surface area contributed by atoms with Crippen LogP contribution >= 0.6 is 11.6 Å². The first kappa shape index (κ1) is 11.3. The van der Waals surface area contributed by atoms with Crippen molar-refractivity contribution in [3.8, 4) is 0 Å². The average Bonchev–Trinajstić information content (AvgIpc) is 2.15.